The van der Waals surface area contributed by atoms with E-state index in [1.807, 2.05) is 18.3 Å². The summed E-state index contributed by atoms with van der Waals surface area (Å²) in [7, 11) is 0. The molecule has 106 valence electrons. The average molecular weight is 290 g/mol. The van der Waals surface area contributed by atoms with Gasteiger partial charge in [-0.05, 0) is 49.1 Å². The predicted octanol–water partition coefficient (Wildman–Crippen LogP) is 3.31. The second-order valence-electron chi connectivity index (χ2n) is 5.70. The summed E-state index contributed by atoms with van der Waals surface area (Å²) in [6.07, 6.45) is 3.06. The van der Waals surface area contributed by atoms with Crippen molar-refractivity contribution in [2.45, 2.75) is 13.3 Å². The second kappa shape index (κ2) is 5.58. The van der Waals surface area contributed by atoms with Gasteiger partial charge in [0.05, 0.1) is 5.52 Å². The van der Waals surface area contributed by atoms with E-state index in [0.29, 0.717) is 11.8 Å². The van der Waals surface area contributed by atoms with E-state index in [0.717, 1.165) is 30.2 Å². The molecule has 2 atom stereocenters. The Labute approximate surface area is 124 Å². The number of rotatable bonds is 2. The van der Waals surface area contributed by atoms with Crippen LogP contribution < -0.4 is 10.6 Å². The number of nitrogens with two attached hydrogens (primary N) is 1. The first kappa shape index (κ1) is 13.7. The third-order valence-corrected chi connectivity index (χ3v) is 4.67. The van der Waals surface area contributed by atoms with Crippen LogP contribution >= 0.6 is 11.6 Å². The molecule has 0 radical (unpaired) electrons. The molecule has 1 aromatic heterocycles. The molecule has 0 amide bonds. The Morgan fingerprint density at radius 2 is 2.25 bits per heavy atom. The van der Waals surface area contributed by atoms with Gasteiger partial charge < -0.3 is 10.6 Å². The molecule has 1 aliphatic heterocycles. The van der Waals surface area contributed by atoms with Crippen molar-refractivity contribution in [1.29, 1.82) is 0 Å². The lowest BCUT2D eigenvalue weighted by Gasteiger charge is -2.38. The largest absolute Gasteiger partial charge is 0.371 e. The van der Waals surface area contributed by atoms with Crippen LogP contribution in [-0.4, -0.2) is 24.6 Å². The maximum absolute atomic E-state index is 6.05. The number of piperidine rings is 1. The quantitative estimate of drug-likeness (QED) is 0.922. The predicted molar refractivity (Wildman–Crippen MR) is 85.3 cm³/mol. The van der Waals surface area contributed by atoms with Gasteiger partial charge >= 0.3 is 0 Å². The lowest BCUT2D eigenvalue weighted by molar-refractivity contribution is 0.308. The summed E-state index contributed by atoms with van der Waals surface area (Å²) in [5.74, 6) is 1.28. The minimum absolute atomic E-state index is 0.569. The van der Waals surface area contributed by atoms with E-state index in [1.165, 1.54) is 17.5 Å². The molecule has 3 rings (SSSR count). The van der Waals surface area contributed by atoms with Crippen LogP contribution in [-0.2, 0) is 0 Å². The third kappa shape index (κ3) is 2.48. The molecular weight excluding hydrogens is 270 g/mol. The van der Waals surface area contributed by atoms with Gasteiger partial charge in [-0.25, -0.2) is 0 Å². The highest BCUT2D eigenvalue weighted by atomic mass is 35.5. The maximum Gasteiger partial charge on any atom is 0.0737 e. The molecule has 1 aromatic carbocycles. The number of halogens is 1. The topological polar surface area (TPSA) is 42.2 Å². The normalized spacial score (nSPS) is 23.2. The van der Waals surface area contributed by atoms with Gasteiger partial charge in [0.25, 0.3) is 0 Å². The molecule has 2 aromatic rings. The van der Waals surface area contributed by atoms with Crippen LogP contribution in [0.15, 0.2) is 30.5 Å². The van der Waals surface area contributed by atoms with Crippen LogP contribution in [0.2, 0.25) is 5.02 Å². The van der Waals surface area contributed by atoms with Crippen molar-refractivity contribution >= 4 is 28.2 Å². The fraction of sp³-hybridized carbons (Fsp3) is 0.438. The molecule has 2 N–H and O–H groups in total. The van der Waals surface area contributed by atoms with Gasteiger partial charge in [0.2, 0.25) is 0 Å². The van der Waals surface area contributed by atoms with Crippen LogP contribution in [0.1, 0.15) is 13.3 Å². The lowest BCUT2D eigenvalue weighted by atomic mass is 9.87. The number of nitrogens with zero attached hydrogens (tertiary/aromatic N) is 2. The summed E-state index contributed by atoms with van der Waals surface area (Å²) in [5, 5.41) is 1.90. The summed E-state index contributed by atoms with van der Waals surface area (Å²) in [5.41, 5.74) is 8.11. The molecule has 1 saturated heterocycles. The molecule has 20 heavy (non-hydrogen) atoms. The minimum Gasteiger partial charge on any atom is -0.371 e. The van der Waals surface area contributed by atoms with Crippen molar-refractivity contribution in [3.05, 3.63) is 35.5 Å². The Balaban J connectivity index is 1.98. The summed E-state index contributed by atoms with van der Waals surface area (Å²) >= 11 is 6.05. The first-order valence-corrected chi connectivity index (χ1v) is 7.56. The smallest absolute Gasteiger partial charge is 0.0737 e. The van der Waals surface area contributed by atoms with E-state index >= 15 is 0 Å². The first-order chi connectivity index (χ1) is 9.69. The Kier molecular flexibility index (Phi) is 3.81. The summed E-state index contributed by atoms with van der Waals surface area (Å²) in [6, 6.07) is 8.02. The van der Waals surface area contributed by atoms with Gasteiger partial charge in [0, 0.05) is 35.4 Å². The molecule has 0 aliphatic carbocycles. The SMILES string of the molecule is CC1CCN(c2ccnc3cc(Cl)ccc23)CC1CN. The number of anilines is 1. The molecule has 0 bridgehead atoms. The van der Waals surface area contributed by atoms with Crippen molar-refractivity contribution in [2.24, 2.45) is 17.6 Å². The zero-order valence-corrected chi connectivity index (χ0v) is 12.5. The van der Waals surface area contributed by atoms with E-state index in [9.17, 15) is 0 Å². The molecular formula is C16H20ClN3. The number of fused-ring (bicyclic) bond motifs is 1. The molecule has 0 spiro atoms. The maximum atomic E-state index is 6.05. The monoisotopic (exact) mass is 289 g/mol. The Morgan fingerprint density at radius 3 is 3.05 bits per heavy atom. The van der Waals surface area contributed by atoms with Crippen molar-refractivity contribution in [3.63, 3.8) is 0 Å². The third-order valence-electron chi connectivity index (χ3n) is 4.44. The Bertz CT molecular complexity index is 614. The van der Waals surface area contributed by atoms with Crippen LogP contribution in [0.3, 0.4) is 0 Å². The van der Waals surface area contributed by atoms with E-state index in [2.05, 4.69) is 28.9 Å². The fourth-order valence-corrected chi connectivity index (χ4v) is 3.22. The van der Waals surface area contributed by atoms with Crippen molar-refractivity contribution in [3.8, 4) is 0 Å². The van der Waals surface area contributed by atoms with Gasteiger partial charge in [0.15, 0.2) is 0 Å². The van der Waals surface area contributed by atoms with E-state index in [-0.39, 0.29) is 0 Å². The highest BCUT2D eigenvalue weighted by Crippen LogP contribution is 2.32. The van der Waals surface area contributed by atoms with Crippen molar-refractivity contribution < 1.29 is 0 Å². The summed E-state index contributed by atoms with van der Waals surface area (Å²) in [6.45, 7) is 5.17. The average Bonchev–Trinajstić information content (AvgIpc) is 2.47. The number of benzene rings is 1. The van der Waals surface area contributed by atoms with Crippen LogP contribution in [0.5, 0.6) is 0 Å². The number of hydrogen-bond donors (Lipinski definition) is 1. The van der Waals surface area contributed by atoms with Gasteiger partial charge in [-0.2, -0.15) is 0 Å². The Hall–Kier alpha value is -1.32. The van der Waals surface area contributed by atoms with Crippen LogP contribution in [0, 0.1) is 11.8 Å². The van der Waals surface area contributed by atoms with E-state index in [4.69, 9.17) is 17.3 Å². The molecule has 4 heteroatoms. The van der Waals surface area contributed by atoms with Crippen LogP contribution in [0.4, 0.5) is 5.69 Å². The van der Waals surface area contributed by atoms with E-state index in [1.54, 1.807) is 0 Å². The minimum atomic E-state index is 0.569. The number of hydrogen-bond acceptors (Lipinski definition) is 3. The summed E-state index contributed by atoms with van der Waals surface area (Å²) in [4.78, 5) is 6.86. The number of aromatic nitrogens is 1. The fourth-order valence-electron chi connectivity index (χ4n) is 3.06. The van der Waals surface area contributed by atoms with Crippen molar-refractivity contribution in [1.82, 2.24) is 4.98 Å². The van der Waals surface area contributed by atoms with Crippen LogP contribution in [0.25, 0.3) is 10.9 Å². The van der Waals surface area contributed by atoms with Gasteiger partial charge in [-0.3, -0.25) is 4.98 Å². The van der Waals surface area contributed by atoms with E-state index < -0.39 is 0 Å². The number of pyridine rings is 1. The molecule has 3 nitrogen and oxygen atoms in total. The zero-order chi connectivity index (χ0) is 14.1. The zero-order valence-electron chi connectivity index (χ0n) is 11.7. The highest BCUT2D eigenvalue weighted by Gasteiger charge is 2.26. The second-order valence-corrected chi connectivity index (χ2v) is 6.14. The van der Waals surface area contributed by atoms with Gasteiger partial charge in [-0.15, -0.1) is 0 Å². The molecule has 2 unspecified atom stereocenters. The van der Waals surface area contributed by atoms with Crippen molar-refractivity contribution in [2.75, 3.05) is 24.5 Å². The summed E-state index contributed by atoms with van der Waals surface area (Å²) < 4.78 is 0. The highest BCUT2D eigenvalue weighted by molar-refractivity contribution is 6.31. The molecule has 2 heterocycles. The standard InChI is InChI=1S/C16H20ClN3/c1-11-5-7-20(10-12(11)9-18)16-4-6-19-15-8-13(17)2-3-14(15)16/h2-4,6,8,11-12H,5,7,9-10,18H2,1H3. The molecule has 0 saturated carbocycles. The van der Waals surface area contributed by atoms with Gasteiger partial charge in [-0.1, -0.05) is 18.5 Å². The first-order valence-electron chi connectivity index (χ1n) is 7.18. The lowest BCUT2D eigenvalue weighted by Crippen LogP contribution is -2.42. The van der Waals surface area contributed by atoms with Gasteiger partial charge in [0.1, 0.15) is 0 Å². The molecule has 1 fully saturated rings. The Morgan fingerprint density at radius 1 is 1.40 bits per heavy atom. The molecule has 1 aliphatic rings.